The number of amides is 1. The van der Waals surface area contributed by atoms with Crippen LogP contribution in [0.5, 0.6) is 5.88 Å². The molecule has 160 valence electrons. The van der Waals surface area contributed by atoms with Crippen molar-refractivity contribution in [2.75, 3.05) is 25.1 Å². The van der Waals surface area contributed by atoms with Gasteiger partial charge in [0.2, 0.25) is 11.8 Å². The molecule has 1 aliphatic carbocycles. The Labute approximate surface area is 178 Å². The third kappa shape index (κ3) is 3.02. The average molecular weight is 422 g/mol. The van der Waals surface area contributed by atoms with E-state index in [0.717, 1.165) is 48.5 Å². The number of imidazole rings is 1. The maximum atomic E-state index is 13.5. The number of halogens is 1. The summed E-state index contributed by atoms with van der Waals surface area (Å²) in [7, 11) is 1.59. The van der Waals surface area contributed by atoms with E-state index < -0.39 is 12.1 Å². The van der Waals surface area contributed by atoms with Crippen LogP contribution in [-0.4, -0.2) is 68.8 Å². The summed E-state index contributed by atoms with van der Waals surface area (Å²) >= 11 is 0. The number of aromatic nitrogens is 4. The van der Waals surface area contributed by atoms with Crippen LogP contribution < -0.4 is 9.64 Å². The minimum Gasteiger partial charge on any atom is -0.481 e. The highest BCUT2D eigenvalue weighted by Gasteiger charge is 2.51. The molecule has 9 heteroatoms. The number of fused-ring (bicyclic) bond motifs is 3. The normalized spacial score (nSPS) is 27.0. The van der Waals surface area contributed by atoms with Gasteiger partial charge in [-0.2, -0.15) is 5.10 Å². The van der Waals surface area contributed by atoms with Crippen LogP contribution in [0.4, 0.5) is 10.1 Å². The lowest BCUT2D eigenvalue weighted by molar-refractivity contribution is -0.136. The molecule has 6 rings (SSSR count). The highest BCUT2D eigenvalue weighted by molar-refractivity contribution is 5.84. The fourth-order valence-electron chi connectivity index (χ4n) is 5.02. The average Bonchev–Trinajstić information content (AvgIpc) is 3.25. The summed E-state index contributed by atoms with van der Waals surface area (Å²) in [6.07, 6.45) is 6.75. The molecule has 31 heavy (non-hydrogen) atoms. The van der Waals surface area contributed by atoms with Gasteiger partial charge in [0.15, 0.2) is 5.65 Å². The predicted octanol–water partition coefficient (Wildman–Crippen LogP) is 2.34. The van der Waals surface area contributed by atoms with Gasteiger partial charge in [0.1, 0.15) is 6.17 Å². The van der Waals surface area contributed by atoms with Crippen LogP contribution >= 0.6 is 0 Å². The fourth-order valence-corrected chi connectivity index (χ4v) is 5.02. The zero-order valence-corrected chi connectivity index (χ0v) is 17.2. The first-order chi connectivity index (χ1) is 15.1. The number of carbonyl (C=O) groups excluding carboxylic acids is 1. The van der Waals surface area contributed by atoms with Gasteiger partial charge >= 0.3 is 0 Å². The molecule has 2 unspecified atom stereocenters. The van der Waals surface area contributed by atoms with Crippen molar-refractivity contribution in [3.63, 3.8) is 0 Å². The van der Waals surface area contributed by atoms with Gasteiger partial charge in [-0.05, 0) is 31.4 Å². The molecule has 0 radical (unpaired) electrons. The Hall–Kier alpha value is -3.23. The number of nitrogens with zero attached hydrogens (tertiary/aromatic N) is 6. The van der Waals surface area contributed by atoms with Crippen LogP contribution in [-0.2, 0) is 4.79 Å². The van der Waals surface area contributed by atoms with Crippen LogP contribution in [0, 0.1) is 5.92 Å². The van der Waals surface area contributed by atoms with Gasteiger partial charge in [-0.3, -0.25) is 4.79 Å². The number of rotatable bonds is 4. The molecule has 0 aromatic carbocycles. The highest BCUT2D eigenvalue weighted by Crippen LogP contribution is 2.41. The molecular formula is C22H23FN6O2. The standard InChI is InChI=1S/C22H23FN6O2/c1-31-20-8-13(4-6-24-20)18-12-28-21(26-18)19(5-7-25-28)27-10-14-2-3-15(11-27)29(14)22(30)16-9-17(16)23/h4-8,12,14-17H,2-3,9-11H2,1H3/t14?,15?,16-,17-/m1/s1. The quantitative estimate of drug-likeness (QED) is 0.643. The molecule has 2 saturated heterocycles. The predicted molar refractivity (Wildman–Crippen MR) is 112 cm³/mol. The van der Waals surface area contributed by atoms with E-state index in [1.807, 2.05) is 29.3 Å². The van der Waals surface area contributed by atoms with Crippen LogP contribution in [0.3, 0.4) is 0 Å². The zero-order chi connectivity index (χ0) is 21.1. The lowest BCUT2D eigenvalue weighted by Crippen LogP contribution is -2.56. The number of pyridine rings is 1. The number of methoxy groups -OCH3 is 1. The number of piperazine rings is 1. The number of ether oxygens (including phenoxy) is 1. The lowest BCUT2D eigenvalue weighted by Gasteiger charge is -2.42. The number of hydrogen-bond acceptors (Lipinski definition) is 6. The number of carbonyl (C=O) groups is 1. The Bertz CT molecular complexity index is 1150. The van der Waals surface area contributed by atoms with Crippen molar-refractivity contribution in [1.29, 1.82) is 0 Å². The number of alkyl halides is 1. The van der Waals surface area contributed by atoms with Crippen molar-refractivity contribution in [2.45, 2.75) is 37.5 Å². The summed E-state index contributed by atoms with van der Waals surface area (Å²) in [5, 5.41) is 4.44. The summed E-state index contributed by atoms with van der Waals surface area (Å²) in [5.74, 6) is 0.134. The molecule has 8 nitrogen and oxygen atoms in total. The largest absolute Gasteiger partial charge is 0.481 e. The van der Waals surface area contributed by atoms with Crippen molar-refractivity contribution >= 4 is 17.2 Å². The number of anilines is 1. The van der Waals surface area contributed by atoms with E-state index in [1.165, 1.54) is 0 Å². The Morgan fingerprint density at radius 3 is 2.68 bits per heavy atom. The molecule has 3 fully saturated rings. The zero-order valence-electron chi connectivity index (χ0n) is 17.2. The first kappa shape index (κ1) is 18.5. The molecule has 0 N–H and O–H groups in total. The second-order valence-electron chi connectivity index (χ2n) is 8.59. The first-order valence-electron chi connectivity index (χ1n) is 10.7. The molecule has 3 aromatic rings. The fraction of sp³-hybridized carbons (Fsp3) is 0.455. The van der Waals surface area contributed by atoms with E-state index in [9.17, 15) is 9.18 Å². The van der Waals surface area contributed by atoms with E-state index in [0.29, 0.717) is 12.3 Å². The third-order valence-corrected chi connectivity index (χ3v) is 6.69. The van der Waals surface area contributed by atoms with E-state index in [4.69, 9.17) is 9.72 Å². The number of hydrogen-bond donors (Lipinski definition) is 0. The lowest BCUT2D eigenvalue weighted by atomic mass is 10.1. The molecule has 0 spiro atoms. The highest BCUT2D eigenvalue weighted by atomic mass is 19.1. The van der Waals surface area contributed by atoms with Crippen molar-refractivity contribution in [3.05, 3.63) is 36.8 Å². The van der Waals surface area contributed by atoms with Crippen molar-refractivity contribution < 1.29 is 13.9 Å². The summed E-state index contributed by atoms with van der Waals surface area (Å²) in [6.45, 7) is 1.47. The summed E-state index contributed by atoms with van der Waals surface area (Å²) in [5.41, 5.74) is 3.48. The Kier molecular flexibility index (Phi) is 4.12. The van der Waals surface area contributed by atoms with E-state index in [1.54, 1.807) is 24.0 Å². The summed E-state index contributed by atoms with van der Waals surface area (Å²) in [6, 6.07) is 5.98. The summed E-state index contributed by atoms with van der Waals surface area (Å²) in [4.78, 5) is 26.0. The second kappa shape index (κ2) is 6.90. The van der Waals surface area contributed by atoms with Gasteiger partial charge in [-0.1, -0.05) is 0 Å². The van der Waals surface area contributed by atoms with Crippen molar-refractivity contribution in [1.82, 2.24) is 24.5 Å². The molecule has 4 atom stereocenters. The minimum atomic E-state index is -0.945. The molecule has 2 bridgehead atoms. The molecule has 5 heterocycles. The van der Waals surface area contributed by atoms with Crippen LogP contribution in [0.2, 0.25) is 0 Å². The van der Waals surface area contributed by atoms with Gasteiger partial charge in [-0.25, -0.2) is 18.9 Å². The maximum Gasteiger partial charge on any atom is 0.229 e. The SMILES string of the molecule is COc1cc(-c2cn3nccc(N4CC5CCC(C4)N5C(=O)[C@@H]4C[C@H]4F)c3n2)ccn1. The Balaban J connectivity index is 1.30. The third-order valence-electron chi connectivity index (χ3n) is 6.69. The molecule has 3 aliphatic rings. The maximum absolute atomic E-state index is 13.5. The Morgan fingerprint density at radius 2 is 1.97 bits per heavy atom. The monoisotopic (exact) mass is 422 g/mol. The van der Waals surface area contributed by atoms with E-state index in [-0.39, 0.29) is 18.0 Å². The van der Waals surface area contributed by atoms with E-state index >= 15 is 0 Å². The molecule has 3 aromatic heterocycles. The van der Waals surface area contributed by atoms with Gasteiger partial charge in [0, 0.05) is 43.0 Å². The molecule has 2 aliphatic heterocycles. The smallest absolute Gasteiger partial charge is 0.229 e. The van der Waals surface area contributed by atoms with Crippen LogP contribution in [0.1, 0.15) is 19.3 Å². The van der Waals surface area contributed by atoms with Crippen LogP contribution in [0.25, 0.3) is 16.9 Å². The van der Waals surface area contributed by atoms with Crippen molar-refractivity contribution in [2.24, 2.45) is 5.92 Å². The molecular weight excluding hydrogens is 399 g/mol. The second-order valence-corrected chi connectivity index (χ2v) is 8.59. The summed E-state index contributed by atoms with van der Waals surface area (Å²) < 4.78 is 20.5. The van der Waals surface area contributed by atoms with Gasteiger partial charge in [0.05, 0.1) is 36.8 Å². The van der Waals surface area contributed by atoms with Crippen LogP contribution in [0.15, 0.2) is 36.8 Å². The van der Waals surface area contributed by atoms with Gasteiger partial charge in [-0.15, -0.1) is 0 Å². The van der Waals surface area contributed by atoms with Gasteiger partial charge in [0.25, 0.3) is 0 Å². The van der Waals surface area contributed by atoms with Crippen molar-refractivity contribution in [3.8, 4) is 17.1 Å². The molecule has 1 saturated carbocycles. The minimum absolute atomic E-state index is 0.00857. The Morgan fingerprint density at radius 1 is 1.19 bits per heavy atom. The first-order valence-corrected chi connectivity index (χ1v) is 10.7. The van der Waals surface area contributed by atoms with Gasteiger partial charge < -0.3 is 14.5 Å². The molecule has 1 amide bonds. The topological polar surface area (TPSA) is 75.9 Å². The van der Waals surface area contributed by atoms with E-state index in [2.05, 4.69) is 15.0 Å².